The fraction of sp³-hybridized carbons (Fsp3) is 0.250. The minimum Gasteiger partial charge on any atom is -0.350 e. The zero-order chi connectivity index (χ0) is 19.4. The molecule has 1 aromatic heterocycles. The van der Waals surface area contributed by atoms with Crippen LogP contribution in [0.25, 0.3) is 11.0 Å². The van der Waals surface area contributed by atoms with Crippen LogP contribution < -0.4 is 16.4 Å². The molecule has 1 heterocycles. The molecule has 0 atom stereocenters. The van der Waals surface area contributed by atoms with Gasteiger partial charge in [-0.2, -0.15) is 0 Å². The van der Waals surface area contributed by atoms with E-state index in [0.717, 1.165) is 10.5 Å². The van der Waals surface area contributed by atoms with E-state index in [1.54, 1.807) is 36.0 Å². The van der Waals surface area contributed by atoms with Gasteiger partial charge < -0.3 is 9.88 Å². The van der Waals surface area contributed by atoms with E-state index in [0.29, 0.717) is 24.1 Å². The van der Waals surface area contributed by atoms with Crippen molar-refractivity contribution in [3.63, 3.8) is 0 Å². The molecule has 140 valence electrons. The molecule has 0 aliphatic rings. The number of aromatic nitrogens is 2. The summed E-state index contributed by atoms with van der Waals surface area (Å²) in [5.74, 6) is -0.315. The predicted octanol–water partition coefficient (Wildman–Crippen LogP) is 2.22. The average molecular weight is 383 g/mol. The number of nitrogens with zero attached hydrogens (tertiary/aromatic N) is 2. The Morgan fingerprint density at radius 1 is 0.963 bits per heavy atom. The molecule has 0 saturated carbocycles. The third-order valence-electron chi connectivity index (χ3n) is 4.40. The molecule has 0 aliphatic carbocycles. The first kappa shape index (κ1) is 19.0. The zero-order valence-electron chi connectivity index (χ0n) is 15.3. The van der Waals surface area contributed by atoms with Crippen LogP contribution in [0.15, 0.2) is 63.0 Å². The third kappa shape index (κ3) is 3.98. The molecule has 6 nitrogen and oxygen atoms in total. The van der Waals surface area contributed by atoms with Crippen LogP contribution in [-0.4, -0.2) is 21.3 Å². The maximum Gasteiger partial charge on any atom is 0.317 e. The number of amides is 1. The maximum atomic E-state index is 12.5. The number of aryl methyl sites for hydroxylation is 1. The number of hydrogen-bond donors (Lipinski definition) is 1. The van der Waals surface area contributed by atoms with Crippen molar-refractivity contribution in [3.05, 3.63) is 74.8 Å². The fourth-order valence-electron chi connectivity index (χ4n) is 2.98. The topological polar surface area (TPSA) is 73.1 Å². The second kappa shape index (κ2) is 8.26. The Hall–Kier alpha value is -2.80. The van der Waals surface area contributed by atoms with Crippen LogP contribution in [0.3, 0.4) is 0 Å². The number of para-hydroxylation sites is 2. The number of nitrogens with one attached hydrogen (secondary N) is 1. The lowest BCUT2D eigenvalue weighted by Crippen LogP contribution is -2.43. The van der Waals surface area contributed by atoms with Gasteiger partial charge in [0.25, 0.3) is 0 Å². The van der Waals surface area contributed by atoms with Gasteiger partial charge in [-0.1, -0.05) is 24.3 Å². The van der Waals surface area contributed by atoms with Crippen molar-refractivity contribution in [2.45, 2.75) is 31.5 Å². The highest BCUT2D eigenvalue weighted by Crippen LogP contribution is 2.14. The monoisotopic (exact) mass is 383 g/mol. The number of rotatable bonds is 6. The van der Waals surface area contributed by atoms with Crippen molar-refractivity contribution in [1.82, 2.24) is 14.5 Å². The largest absolute Gasteiger partial charge is 0.350 e. The normalized spacial score (nSPS) is 10.9. The first-order valence-corrected chi connectivity index (χ1v) is 9.89. The average Bonchev–Trinajstić information content (AvgIpc) is 2.70. The second-order valence-corrected chi connectivity index (χ2v) is 6.93. The van der Waals surface area contributed by atoms with Gasteiger partial charge in [0.05, 0.1) is 11.0 Å². The lowest BCUT2D eigenvalue weighted by Gasteiger charge is -2.14. The lowest BCUT2D eigenvalue weighted by atomic mass is 10.2. The molecule has 7 heteroatoms. The number of thioether (sulfide) groups is 1. The van der Waals surface area contributed by atoms with Gasteiger partial charge in [-0.3, -0.25) is 19.0 Å². The van der Waals surface area contributed by atoms with Gasteiger partial charge in [0, 0.05) is 18.0 Å². The molecule has 3 aromatic rings. The summed E-state index contributed by atoms with van der Waals surface area (Å²) in [6, 6.07) is 15.0. The predicted molar refractivity (Wildman–Crippen MR) is 108 cm³/mol. The van der Waals surface area contributed by atoms with Crippen molar-refractivity contribution in [2.75, 3.05) is 6.26 Å². The molecule has 0 fully saturated rings. The number of fused-ring (bicyclic) bond motifs is 1. The van der Waals surface area contributed by atoms with Crippen LogP contribution in [0.2, 0.25) is 0 Å². The van der Waals surface area contributed by atoms with Gasteiger partial charge in [0.1, 0.15) is 6.54 Å². The Morgan fingerprint density at radius 3 is 2.15 bits per heavy atom. The van der Waals surface area contributed by atoms with Crippen molar-refractivity contribution < 1.29 is 4.79 Å². The molecule has 27 heavy (non-hydrogen) atoms. The Balaban J connectivity index is 1.83. The van der Waals surface area contributed by atoms with Crippen molar-refractivity contribution >= 4 is 28.7 Å². The summed E-state index contributed by atoms with van der Waals surface area (Å²) in [6.45, 7) is 2.38. The molecular weight excluding hydrogens is 362 g/mol. The van der Waals surface area contributed by atoms with E-state index in [2.05, 4.69) is 5.32 Å². The minimum atomic E-state index is -0.685. The Labute approximate surface area is 160 Å². The Morgan fingerprint density at radius 2 is 1.56 bits per heavy atom. The summed E-state index contributed by atoms with van der Waals surface area (Å²) >= 11 is 1.65. The molecule has 0 aliphatic heterocycles. The van der Waals surface area contributed by atoms with Crippen LogP contribution in [0, 0.1) is 0 Å². The van der Waals surface area contributed by atoms with E-state index in [-0.39, 0.29) is 12.5 Å². The summed E-state index contributed by atoms with van der Waals surface area (Å²) < 4.78 is 2.68. The van der Waals surface area contributed by atoms with Crippen LogP contribution in [-0.2, 0) is 24.4 Å². The van der Waals surface area contributed by atoms with Crippen LogP contribution in [0.4, 0.5) is 0 Å². The van der Waals surface area contributed by atoms with Gasteiger partial charge in [-0.15, -0.1) is 11.8 Å². The third-order valence-corrected chi connectivity index (χ3v) is 5.15. The molecule has 0 bridgehead atoms. The van der Waals surface area contributed by atoms with Crippen molar-refractivity contribution in [1.29, 1.82) is 0 Å². The molecule has 0 radical (unpaired) electrons. The SMILES string of the molecule is CCn1c(=O)c(=O)n(CC(=O)NCc2ccc(SC)cc2)c2ccccc21. The first-order chi connectivity index (χ1) is 13.0. The highest BCUT2D eigenvalue weighted by Gasteiger charge is 2.14. The number of carbonyl (C=O) groups is 1. The Kier molecular flexibility index (Phi) is 5.81. The van der Waals surface area contributed by atoms with Crippen molar-refractivity contribution in [2.24, 2.45) is 0 Å². The highest BCUT2D eigenvalue weighted by molar-refractivity contribution is 7.98. The number of carbonyl (C=O) groups excluding carboxylic acids is 1. The number of hydrogen-bond acceptors (Lipinski definition) is 4. The van der Waals surface area contributed by atoms with E-state index in [9.17, 15) is 14.4 Å². The maximum absolute atomic E-state index is 12.5. The molecule has 0 saturated heterocycles. The van der Waals surface area contributed by atoms with Gasteiger partial charge in [0.2, 0.25) is 5.91 Å². The van der Waals surface area contributed by atoms with E-state index < -0.39 is 11.1 Å². The summed E-state index contributed by atoms with van der Waals surface area (Å²) in [7, 11) is 0. The molecular formula is C20H21N3O3S. The van der Waals surface area contributed by atoms with Crippen LogP contribution in [0.1, 0.15) is 12.5 Å². The Bertz CT molecular complexity index is 1080. The van der Waals surface area contributed by atoms with E-state index >= 15 is 0 Å². The van der Waals surface area contributed by atoms with Gasteiger partial charge in [-0.25, -0.2) is 0 Å². The molecule has 1 amide bonds. The van der Waals surface area contributed by atoms with Gasteiger partial charge in [0.15, 0.2) is 0 Å². The van der Waals surface area contributed by atoms with Crippen molar-refractivity contribution in [3.8, 4) is 0 Å². The van der Waals surface area contributed by atoms with E-state index in [1.807, 2.05) is 37.4 Å². The second-order valence-electron chi connectivity index (χ2n) is 6.05. The van der Waals surface area contributed by atoms with E-state index in [4.69, 9.17) is 0 Å². The summed E-state index contributed by atoms with van der Waals surface area (Å²) in [5, 5.41) is 2.81. The standard InChI is InChI=1S/C20H21N3O3S/c1-3-22-16-6-4-5-7-17(16)23(20(26)19(22)25)13-18(24)21-12-14-8-10-15(27-2)11-9-14/h4-11H,3,12-13H2,1-2H3,(H,21,24). The molecule has 3 rings (SSSR count). The molecule has 0 unspecified atom stereocenters. The van der Waals surface area contributed by atoms with Gasteiger partial charge in [-0.05, 0) is 43.0 Å². The smallest absolute Gasteiger partial charge is 0.317 e. The summed E-state index contributed by atoms with van der Waals surface area (Å²) in [5.41, 5.74) is 0.889. The first-order valence-electron chi connectivity index (χ1n) is 8.67. The summed E-state index contributed by atoms with van der Waals surface area (Å²) in [4.78, 5) is 38.4. The van der Waals surface area contributed by atoms with Crippen LogP contribution in [0.5, 0.6) is 0 Å². The van der Waals surface area contributed by atoms with Crippen LogP contribution >= 0.6 is 11.8 Å². The fourth-order valence-corrected chi connectivity index (χ4v) is 3.39. The quantitative estimate of drug-likeness (QED) is 0.523. The lowest BCUT2D eigenvalue weighted by molar-refractivity contribution is -0.121. The van der Waals surface area contributed by atoms with E-state index in [1.165, 1.54) is 9.13 Å². The summed E-state index contributed by atoms with van der Waals surface area (Å²) in [6.07, 6.45) is 2.01. The molecule has 2 aromatic carbocycles. The zero-order valence-corrected chi connectivity index (χ0v) is 16.1. The number of benzene rings is 2. The van der Waals surface area contributed by atoms with Gasteiger partial charge >= 0.3 is 11.1 Å². The molecule has 0 spiro atoms. The highest BCUT2D eigenvalue weighted by atomic mass is 32.2. The minimum absolute atomic E-state index is 0.192. The molecule has 1 N–H and O–H groups in total.